The Morgan fingerprint density at radius 2 is 1.90 bits per heavy atom. The van der Waals surface area contributed by atoms with Gasteiger partial charge in [-0.1, -0.05) is 19.1 Å². The van der Waals surface area contributed by atoms with Crippen molar-refractivity contribution in [2.24, 2.45) is 0 Å². The van der Waals surface area contributed by atoms with Crippen molar-refractivity contribution in [3.8, 4) is 0 Å². The smallest absolute Gasteiger partial charge is 0.299 e. The van der Waals surface area contributed by atoms with Gasteiger partial charge in [0.1, 0.15) is 0 Å². The number of rotatable bonds is 2. The predicted octanol–water partition coefficient (Wildman–Crippen LogP) is 3.38. The van der Waals surface area contributed by atoms with Crippen molar-refractivity contribution in [1.82, 2.24) is 4.90 Å². The minimum atomic E-state index is -4.33. The van der Waals surface area contributed by atoms with Crippen LogP contribution in [0.3, 0.4) is 0 Å². The molecule has 108 valence electrons. The van der Waals surface area contributed by atoms with Gasteiger partial charge in [-0.05, 0) is 30.3 Å². The van der Waals surface area contributed by atoms with E-state index in [-0.39, 0.29) is 5.78 Å². The van der Waals surface area contributed by atoms with Crippen LogP contribution in [0.1, 0.15) is 24.5 Å². The molecule has 20 heavy (non-hydrogen) atoms. The van der Waals surface area contributed by atoms with E-state index >= 15 is 0 Å². The normalized spacial score (nSPS) is 19.6. The average Bonchev–Trinajstić information content (AvgIpc) is 2.41. The molecule has 0 radical (unpaired) electrons. The molecule has 0 atom stereocenters. The fourth-order valence-corrected chi connectivity index (χ4v) is 2.19. The number of hydrogen-bond donors (Lipinski definition) is 0. The van der Waals surface area contributed by atoms with Crippen LogP contribution in [0, 0.1) is 0 Å². The fraction of sp³-hybridized carbons (Fsp3) is 0.400. The van der Waals surface area contributed by atoms with Gasteiger partial charge in [-0.25, -0.2) is 0 Å². The van der Waals surface area contributed by atoms with Crippen LogP contribution in [0.15, 0.2) is 29.8 Å². The van der Waals surface area contributed by atoms with Gasteiger partial charge < -0.3 is 0 Å². The molecular formula is C15H16F3NO. The number of piperidine rings is 1. The number of halogens is 3. The topological polar surface area (TPSA) is 20.3 Å². The van der Waals surface area contributed by atoms with E-state index in [1.807, 2.05) is 6.92 Å². The Kier molecular flexibility index (Phi) is 4.28. The van der Waals surface area contributed by atoms with E-state index in [9.17, 15) is 18.0 Å². The van der Waals surface area contributed by atoms with Gasteiger partial charge in [-0.2, -0.15) is 13.2 Å². The summed E-state index contributed by atoms with van der Waals surface area (Å²) in [6.45, 7) is 4.19. The van der Waals surface area contributed by atoms with E-state index in [0.29, 0.717) is 24.1 Å². The van der Waals surface area contributed by atoms with Crippen molar-refractivity contribution in [1.29, 1.82) is 0 Å². The Morgan fingerprint density at radius 1 is 1.25 bits per heavy atom. The van der Waals surface area contributed by atoms with Crippen molar-refractivity contribution in [3.05, 3.63) is 41.0 Å². The third-order valence-electron chi connectivity index (χ3n) is 3.43. The van der Waals surface area contributed by atoms with Crippen molar-refractivity contribution in [2.75, 3.05) is 19.6 Å². The molecule has 1 aliphatic heterocycles. The van der Waals surface area contributed by atoms with Crippen LogP contribution < -0.4 is 0 Å². The highest BCUT2D eigenvalue weighted by atomic mass is 19.4. The molecule has 2 nitrogen and oxygen atoms in total. The lowest BCUT2D eigenvalue weighted by atomic mass is 10.00. The zero-order valence-corrected chi connectivity index (χ0v) is 11.2. The molecule has 1 aliphatic rings. The van der Waals surface area contributed by atoms with Gasteiger partial charge in [-0.15, -0.1) is 0 Å². The Labute approximate surface area is 115 Å². The maximum absolute atomic E-state index is 12.5. The molecule has 0 amide bonds. The number of carbonyl (C=O) groups excluding carboxylic acids is 1. The second-order valence-corrected chi connectivity index (χ2v) is 4.83. The minimum Gasteiger partial charge on any atom is -0.299 e. The lowest BCUT2D eigenvalue weighted by Crippen LogP contribution is -2.35. The highest BCUT2D eigenvalue weighted by Gasteiger charge is 2.29. The SMILES string of the molecule is CCN1CCC(=O)/C(=C/c2ccc(C(F)(F)F)cc2)C1. The van der Waals surface area contributed by atoms with Gasteiger partial charge in [0.15, 0.2) is 5.78 Å². The molecule has 2 rings (SSSR count). The summed E-state index contributed by atoms with van der Waals surface area (Å²) in [5, 5.41) is 0. The standard InChI is InChI=1S/C15H16F3NO/c1-2-19-8-7-14(20)12(10-19)9-11-3-5-13(6-4-11)15(16,17)18/h3-6,9H,2,7-8,10H2,1H3/b12-9+. The van der Waals surface area contributed by atoms with Crippen LogP contribution in [0.5, 0.6) is 0 Å². The number of carbonyl (C=O) groups is 1. The zero-order valence-electron chi connectivity index (χ0n) is 11.2. The summed E-state index contributed by atoms with van der Waals surface area (Å²) < 4.78 is 37.4. The van der Waals surface area contributed by atoms with Crippen LogP contribution in [0.2, 0.25) is 0 Å². The van der Waals surface area contributed by atoms with Crippen LogP contribution in [0.25, 0.3) is 6.08 Å². The summed E-state index contributed by atoms with van der Waals surface area (Å²) in [7, 11) is 0. The number of hydrogen-bond acceptors (Lipinski definition) is 2. The van der Waals surface area contributed by atoms with Crippen LogP contribution in [-0.2, 0) is 11.0 Å². The molecule has 0 unspecified atom stereocenters. The van der Waals surface area contributed by atoms with E-state index in [2.05, 4.69) is 4.90 Å². The molecule has 0 saturated carbocycles. The van der Waals surface area contributed by atoms with Crippen molar-refractivity contribution >= 4 is 11.9 Å². The largest absolute Gasteiger partial charge is 0.416 e. The van der Waals surface area contributed by atoms with Crippen LogP contribution in [-0.4, -0.2) is 30.3 Å². The Balaban J connectivity index is 2.19. The first-order valence-corrected chi connectivity index (χ1v) is 6.53. The summed E-state index contributed by atoms with van der Waals surface area (Å²) in [4.78, 5) is 13.9. The number of Topliss-reactive ketones (excluding diaryl/α,β-unsaturated/α-hetero) is 1. The van der Waals surface area contributed by atoms with Gasteiger partial charge in [0, 0.05) is 25.1 Å². The van der Waals surface area contributed by atoms with E-state index in [0.717, 1.165) is 25.2 Å². The molecule has 1 fully saturated rings. The first-order chi connectivity index (χ1) is 9.40. The fourth-order valence-electron chi connectivity index (χ4n) is 2.19. The minimum absolute atomic E-state index is 0.0783. The Morgan fingerprint density at radius 3 is 2.45 bits per heavy atom. The molecule has 0 aliphatic carbocycles. The third kappa shape index (κ3) is 3.48. The summed E-state index contributed by atoms with van der Waals surface area (Å²) in [5.41, 5.74) is 0.613. The lowest BCUT2D eigenvalue weighted by Gasteiger charge is -2.26. The first-order valence-electron chi connectivity index (χ1n) is 6.53. The number of likely N-dealkylation sites (N-methyl/N-ethyl adjacent to an activating group) is 1. The molecule has 1 saturated heterocycles. The predicted molar refractivity (Wildman–Crippen MR) is 71.2 cm³/mol. The van der Waals surface area contributed by atoms with Crippen molar-refractivity contribution < 1.29 is 18.0 Å². The number of alkyl halides is 3. The molecular weight excluding hydrogens is 267 g/mol. The van der Waals surface area contributed by atoms with Crippen LogP contribution in [0.4, 0.5) is 13.2 Å². The third-order valence-corrected chi connectivity index (χ3v) is 3.43. The highest BCUT2D eigenvalue weighted by Crippen LogP contribution is 2.29. The van der Waals surface area contributed by atoms with Crippen molar-refractivity contribution in [3.63, 3.8) is 0 Å². The molecule has 1 aromatic carbocycles. The van der Waals surface area contributed by atoms with E-state index in [1.54, 1.807) is 6.08 Å². The number of likely N-dealkylation sites (tertiary alicyclic amines) is 1. The quantitative estimate of drug-likeness (QED) is 0.775. The first kappa shape index (κ1) is 14.8. The molecule has 0 N–H and O–H groups in total. The molecule has 5 heteroatoms. The number of nitrogens with zero attached hydrogens (tertiary/aromatic N) is 1. The Bertz CT molecular complexity index is 517. The van der Waals surface area contributed by atoms with Gasteiger partial charge in [0.2, 0.25) is 0 Å². The summed E-state index contributed by atoms with van der Waals surface area (Å²) in [6.07, 6.45) is -2.17. The molecule has 0 bridgehead atoms. The molecule has 0 spiro atoms. The summed E-state index contributed by atoms with van der Waals surface area (Å²) in [6, 6.07) is 4.87. The second kappa shape index (κ2) is 5.79. The van der Waals surface area contributed by atoms with E-state index in [1.165, 1.54) is 12.1 Å². The summed E-state index contributed by atoms with van der Waals surface area (Å²) in [5.74, 6) is 0.0783. The monoisotopic (exact) mass is 283 g/mol. The van der Waals surface area contributed by atoms with Gasteiger partial charge in [-0.3, -0.25) is 9.69 Å². The van der Waals surface area contributed by atoms with Gasteiger partial charge in [0.05, 0.1) is 5.56 Å². The Hall–Kier alpha value is -1.62. The lowest BCUT2D eigenvalue weighted by molar-refractivity contribution is -0.137. The molecule has 1 aromatic rings. The van der Waals surface area contributed by atoms with Crippen LogP contribution >= 0.6 is 0 Å². The molecule has 0 aromatic heterocycles. The number of ketones is 1. The van der Waals surface area contributed by atoms with E-state index in [4.69, 9.17) is 0 Å². The van der Waals surface area contributed by atoms with E-state index < -0.39 is 11.7 Å². The van der Waals surface area contributed by atoms with Gasteiger partial charge >= 0.3 is 6.18 Å². The maximum Gasteiger partial charge on any atom is 0.416 e. The highest BCUT2D eigenvalue weighted by molar-refractivity contribution is 6.00. The zero-order chi connectivity index (χ0) is 14.8. The second-order valence-electron chi connectivity index (χ2n) is 4.83. The average molecular weight is 283 g/mol. The number of benzene rings is 1. The molecule has 1 heterocycles. The summed E-state index contributed by atoms with van der Waals surface area (Å²) >= 11 is 0. The van der Waals surface area contributed by atoms with Crippen molar-refractivity contribution in [2.45, 2.75) is 19.5 Å². The van der Waals surface area contributed by atoms with Gasteiger partial charge in [0.25, 0.3) is 0 Å². The maximum atomic E-state index is 12.5.